The lowest BCUT2D eigenvalue weighted by molar-refractivity contribution is -0.141. The first-order chi connectivity index (χ1) is 14.4. The Hall–Kier alpha value is -3.46. The monoisotopic (exact) mass is 413 g/mol. The van der Waals surface area contributed by atoms with Crippen LogP contribution in [0.15, 0.2) is 54.7 Å². The highest BCUT2D eigenvalue weighted by Crippen LogP contribution is 2.29. The molecule has 0 atom stereocenters. The van der Waals surface area contributed by atoms with Crippen molar-refractivity contribution in [3.8, 4) is 0 Å². The molecule has 0 saturated heterocycles. The molecule has 4 rings (SSSR count). The highest BCUT2D eigenvalue weighted by Gasteiger charge is 2.32. The van der Waals surface area contributed by atoms with Crippen LogP contribution in [0.4, 0.5) is 29.5 Å². The zero-order valence-electron chi connectivity index (χ0n) is 15.8. The average molecular weight is 413 g/mol. The maximum atomic E-state index is 12.8. The molecule has 0 bridgehead atoms. The van der Waals surface area contributed by atoms with E-state index in [9.17, 15) is 18.0 Å². The second-order valence-electron chi connectivity index (χ2n) is 6.76. The summed E-state index contributed by atoms with van der Waals surface area (Å²) in [7, 11) is 0. The lowest BCUT2D eigenvalue weighted by Gasteiger charge is -2.15. The van der Waals surface area contributed by atoms with Crippen molar-refractivity contribution in [3.63, 3.8) is 0 Å². The molecule has 0 saturated carbocycles. The molecule has 154 valence electrons. The number of halogens is 3. The van der Waals surface area contributed by atoms with Crippen LogP contribution in [0.5, 0.6) is 0 Å². The summed E-state index contributed by atoms with van der Waals surface area (Å²) in [6.07, 6.45) is -0.00445. The number of amides is 2. The molecule has 30 heavy (non-hydrogen) atoms. The van der Waals surface area contributed by atoms with Gasteiger partial charge in [0.05, 0.1) is 11.2 Å². The van der Waals surface area contributed by atoms with Gasteiger partial charge in [-0.05, 0) is 54.4 Å². The van der Waals surface area contributed by atoms with E-state index in [0.717, 1.165) is 36.5 Å². The van der Waals surface area contributed by atoms with Gasteiger partial charge in [-0.25, -0.2) is 9.78 Å². The van der Waals surface area contributed by atoms with Crippen LogP contribution in [0.25, 0.3) is 16.5 Å². The molecule has 6 nitrogen and oxygen atoms in total. The van der Waals surface area contributed by atoms with E-state index in [1.54, 1.807) is 12.3 Å². The second kappa shape index (κ2) is 8.11. The fourth-order valence-corrected chi connectivity index (χ4v) is 3.27. The molecular formula is C21H18F3N5O. The fourth-order valence-electron chi connectivity index (χ4n) is 3.27. The van der Waals surface area contributed by atoms with Crippen molar-refractivity contribution < 1.29 is 18.0 Å². The van der Waals surface area contributed by atoms with Crippen LogP contribution in [0.3, 0.4) is 0 Å². The van der Waals surface area contributed by atoms with Crippen molar-refractivity contribution in [1.82, 2.24) is 15.3 Å². The Labute approximate surface area is 170 Å². The van der Waals surface area contributed by atoms with E-state index < -0.39 is 17.9 Å². The summed E-state index contributed by atoms with van der Waals surface area (Å²) < 4.78 is 38.4. The van der Waals surface area contributed by atoms with Gasteiger partial charge in [0.25, 0.3) is 0 Å². The Bertz CT molecular complexity index is 1130. The van der Waals surface area contributed by atoms with Gasteiger partial charge in [-0.2, -0.15) is 13.2 Å². The number of urea groups is 1. The van der Waals surface area contributed by atoms with Gasteiger partial charge in [0, 0.05) is 18.1 Å². The first-order valence-electron chi connectivity index (χ1n) is 9.31. The topological polar surface area (TPSA) is 78.9 Å². The summed E-state index contributed by atoms with van der Waals surface area (Å²) in [5, 5.41) is 9.03. The Morgan fingerprint density at radius 2 is 1.97 bits per heavy atom. The number of hydrogen-bond donors (Lipinski definition) is 3. The Morgan fingerprint density at radius 3 is 2.73 bits per heavy atom. The van der Waals surface area contributed by atoms with Crippen molar-refractivity contribution in [2.24, 2.45) is 0 Å². The number of hydrogen-bond acceptors (Lipinski definition) is 4. The van der Waals surface area contributed by atoms with Crippen LogP contribution < -0.4 is 16.0 Å². The van der Waals surface area contributed by atoms with E-state index in [1.807, 2.05) is 18.2 Å². The van der Waals surface area contributed by atoms with Gasteiger partial charge in [-0.15, -0.1) is 0 Å². The SMILES string of the molecule is O=C(Nc1cccc(C(F)(F)F)n1)Nc1ccnc2ccc(C3=CCNCC3)cc12. The third kappa shape index (κ3) is 4.41. The fraction of sp³-hybridized carbons (Fsp3) is 0.190. The largest absolute Gasteiger partial charge is 0.433 e. The number of anilines is 2. The first kappa shape index (κ1) is 19.8. The van der Waals surface area contributed by atoms with Gasteiger partial charge in [0.2, 0.25) is 0 Å². The van der Waals surface area contributed by atoms with Gasteiger partial charge >= 0.3 is 12.2 Å². The van der Waals surface area contributed by atoms with E-state index in [1.165, 1.54) is 17.7 Å². The molecule has 3 aromatic rings. The quantitative estimate of drug-likeness (QED) is 0.583. The maximum Gasteiger partial charge on any atom is 0.433 e. The minimum Gasteiger partial charge on any atom is -0.313 e. The van der Waals surface area contributed by atoms with Gasteiger partial charge < -0.3 is 10.6 Å². The summed E-state index contributed by atoms with van der Waals surface area (Å²) in [4.78, 5) is 20.1. The van der Waals surface area contributed by atoms with Crippen LogP contribution in [0.1, 0.15) is 17.7 Å². The summed E-state index contributed by atoms with van der Waals surface area (Å²) in [6, 6.07) is 10.1. The molecule has 0 spiro atoms. The molecule has 1 aliphatic rings. The lowest BCUT2D eigenvalue weighted by Crippen LogP contribution is -2.21. The number of fused-ring (bicyclic) bond motifs is 1. The van der Waals surface area contributed by atoms with Gasteiger partial charge in [-0.1, -0.05) is 18.2 Å². The average Bonchev–Trinajstić information content (AvgIpc) is 2.74. The summed E-state index contributed by atoms with van der Waals surface area (Å²) >= 11 is 0. The minimum atomic E-state index is -4.59. The smallest absolute Gasteiger partial charge is 0.313 e. The van der Waals surface area contributed by atoms with Crippen LogP contribution >= 0.6 is 0 Å². The molecular weight excluding hydrogens is 395 g/mol. The van der Waals surface area contributed by atoms with E-state index in [2.05, 4.69) is 32.0 Å². The highest BCUT2D eigenvalue weighted by molar-refractivity contribution is 6.05. The number of benzene rings is 1. The van der Waals surface area contributed by atoms with Crippen LogP contribution in [-0.4, -0.2) is 29.1 Å². The van der Waals surface area contributed by atoms with Crippen LogP contribution in [0.2, 0.25) is 0 Å². The molecule has 0 unspecified atom stereocenters. The van der Waals surface area contributed by atoms with Crippen molar-refractivity contribution in [3.05, 3.63) is 66.0 Å². The number of nitrogens with one attached hydrogen (secondary N) is 3. The normalized spacial score (nSPS) is 14.3. The lowest BCUT2D eigenvalue weighted by atomic mass is 9.98. The number of rotatable bonds is 3. The first-order valence-corrected chi connectivity index (χ1v) is 9.31. The third-order valence-corrected chi connectivity index (χ3v) is 4.71. The van der Waals surface area contributed by atoms with E-state index in [4.69, 9.17) is 0 Å². The zero-order chi connectivity index (χ0) is 21.1. The number of carbonyl (C=O) groups is 1. The highest BCUT2D eigenvalue weighted by atomic mass is 19.4. The predicted molar refractivity (Wildman–Crippen MR) is 109 cm³/mol. The standard InChI is InChI=1S/C21H18F3N5O/c22-21(23,24)18-2-1-3-19(28-18)29-20(30)27-17-8-11-26-16-5-4-14(12-15(16)17)13-6-9-25-10-7-13/h1-6,8,11-12,25H,7,9-10H2,(H2,26,27,28,29,30). The summed E-state index contributed by atoms with van der Waals surface area (Å²) in [5.41, 5.74) is 2.38. The Morgan fingerprint density at radius 1 is 1.10 bits per heavy atom. The number of aromatic nitrogens is 2. The van der Waals surface area contributed by atoms with E-state index in [-0.39, 0.29) is 5.82 Å². The van der Waals surface area contributed by atoms with Gasteiger partial charge in [0.15, 0.2) is 0 Å². The summed E-state index contributed by atoms with van der Waals surface area (Å²) in [6.45, 7) is 1.70. The number of alkyl halides is 3. The molecule has 2 amide bonds. The molecule has 3 heterocycles. The Balaban J connectivity index is 1.57. The molecule has 0 aliphatic carbocycles. The molecule has 2 aromatic heterocycles. The predicted octanol–water partition coefficient (Wildman–Crippen LogP) is 4.67. The minimum absolute atomic E-state index is 0.193. The van der Waals surface area contributed by atoms with Crippen molar-refractivity contribution >= 4 is 34.0 Å². The van der Waals surface area contributed by atoms with Gasteiger partial charge in [0.1, 0.15) is 11.5 Å². The zero-order valence-corrected chi connectivity index (χ0v) is 15.8. The molecule has 1 aromatic carbocycles. The number of pyridine rings is 2. The molecule has 0 radical (unpaired) electrons. The molecule has 0 fully saturated rings. The summed E-state index contributed by atoms with van der Waals surface area (Å²) in [5.74, 6) is -0.193. The Kier molecular flexibility index (Phi) is 5.37. The maximum absolute atomic E-state index is 12.8. The van der Waals surface area contributed by atoms with E-state index in [0.29, 0.717) is 11.2 Å². The molecule has 3 N–H and O–H groups in total. The number of carbonyl (C=O) groups excluding carboxylic acids is 1. The third-order valence-electron chi connectivity index (χ3n) is 4.71. The van der Waals surface area contributed by atoms with E-state index >= 15 is 0 Å². The number of nitrogens with zero attached hydrogens (tertiary/aromatic N) is 2. The van der Waals surface area contributed by atoms with Crippen LogP contribution in [0, 0.1) is 0 Å². The second-order valence-corrected chi connectivity index (χ2v) is 6.76. The molecule has 9 heteroatoms. The van der Waals surface area contributed by atoms with Crippen LogP contribution in [-0.2, 0) is 6.18 Å². The van der Waals surface area contributed by atoms with Gasteiger partial charge in [-0.3, -0.25) is 10.3 Å². The molecule has 1 aliphatic heterocycles. The van der Waals surface area contributed by atoms with Crippen molar-refractivity contribution in [1.29, 1.82) is 0 Å². The van der Waals surface area contributed by atoms with Crippen molar-refractivity contribution in [2.75, 3.05) is 23.7 Å². The van der Waals surface area contributed by atoms with Crippen molar-refractivity contribution in [2.45, 2.75) is 12.6 Å².